The molecular formula is C20H22N2O2. The van der Waals surface area contributed by atoms with Gasteiger partial charge in [-0.25, -0.2) is 4.98 Å². The SMILES string of the molecule is Cc1ccc(-c2ccc3ncn(CC(C)(C)CO)c(=O)c3c2)cc1. The van der Waals surface area contributed by atoms with Crippen molar-refractivity contribution in [3.8, 4) is 11.1 Å². The van der Waals surface area contributed by atoms with Gasteiger partial charge in [0, 0.05) is 18.6 Å². The van der Waals surface area contributed by atoms with Gasteiger partial charge in [0.05, 0.1) is 17.2 Å². The van der Waals surface area contributed by atoms with Crippen molar-refractivity contribution >= 4 is 10.9 Å². The Labute approximate surface area is 141 Å². The van der Waals surface area contributed by atoms with Crippen LogP contribution in [0.4, 0.5) is 0 Å². The Kier molecular flexibility index (Phi) is 4.24. The molecule has 0 aliphatic rings. The predicted octanol–water partition coefficient (Wildman–Crippen LogP) is 3.39. The minimum atomic E-state index is -0.367. The molecule has 0 atom stereocenters. The van der Waals surface area contributed by atoms with E-state index in [-0.39, 0.29) is 17.6 Å². The summed E-state index contributed by atoms with van der Waals surface area (Å²) in [7, 11) is 0. The number of rotatable bonds is 4. The van der Waals surface area contributed by atoms with Crippen LogP contribution in [0.25, 0.3) is 22.0 Å². The number of fused-ring (bicyclic) bond motifs is 1. The van der Waals surface area contributed by atoms with Crippen molar-refractivity contribution in [2.24, 2.45) is 5.41 Å². The highest BCUT2D eigenvalue weighted by molar-refractivity contribution is 5.83. The maximum atomic E-state index is 12.8. The maximum absolute atomic E-state index is 12.8. The Balaban J connectivity index is 2.09. The number of benzene rings is 2. The molecule has 0 amide bonds. The van der Waals surface area contributed by atoms with Gasteiger partial charge < -0.3 is 5.11 Å². The second-order valence-electron chi connectivity index (χ2n) is 7.10. The highest BCUT2D eigenvalue weighted by atomic mass is 16.3. The van der Waals surface area contributed by atoms with Crippen LogP contribution in [0.5, 0.6) is 0 Å². The monoisotopic (exact) mass is 322 g/mol. The van der Waals surface area contributed by atoms with Crippen molar-refractivity contribution in [1.29, 1.82) is 0 Å². The Hall–Kier alpha value is -2.46. The summed E-state index contributed by atoms with van der Waals surface area (Å²) >= 11 is 0. The van der Waals surface area contributed by atoms with Gasteiger partial charge >= 0.3 is 0 Å². The molecule has 1 N–H and O–H groups in total. The summed E-state index contributed by atoms with van der Waals surface area (Å²) in [6, 6.07) is 14.0. The van der Waals surface area contributed by atoms with Gasteiger partial charge in [-0.15, -0.1) is 0 Å². The van der Waals surface area contributed by atoms with Gasteiger partial charge in [0.1, 0.15) is 0 Å². The van der Waals surface area contributed by atoms with Gasteiger partial charge in [0.25, 0.3) is 5.56 Å². The Morgan fingerprint density at radius 1 is 1.08 bits per heavy atom. The Bertz CT molecular complexity index is 925. The smallest absolute Gasteiger partial charge is 0.261 e. The van der Waals surface area contributed by atoms with Crippen LogP contribution in [0.15, 0.2) is 53.6 Å². The van der Waals surface area contributed by atoms with E-state index < -0.39 is 0 Å². The lowest BCUT2D eigenvalue weighted by atomic mass is 9.95. The predicted molar refractivity (Wildman–Crippen MR) is 97.0 cm³/mol. The molecule has 3 rings (SSSR count). The molecule has 4 nitrogen and oxygen atoms in total. The summed E-state index contributed by atoms with van der Waals surface area (Å²) in [5.74, 6) is 0. The van der Waals surface area contributed by atoms with E-state index in [4.69, 9.17) is 0 Å². The van der Waals surface area contributed by atoms with Gasteiger partial charge in [0.15, 0.2) is 0 Å². The highest BCUT2D eigenvalue weighted by Crippen LogP contribution is 2.23. The number of aromatic nitrogens is 2. The van der Waals surface area contributed by atoms with Crippen molar-refractivity contribution in [2.45, 2.75) is 27.3 Å². The van der Waals surface area contributed by atoms with E-state index >= 15 is 0 Å². The van der Waals surface area contributed by atoms with Crippen LogP contribution in [0.1, 0.15) is 19.4 Å². The number of hydrogen-bond donors (Lipinski definition) is 1. The van der Waals surface area contributed by atoms with Crippen molar-refractivity contribution in [3.05, 3.63) is 64.7 Å². The minimum absolute atomic E-state index is 0.0148. The zero-order valence-electron chi connectivity index (χ0n) is 14.3. The molecule has 1 heterocycles. The van der Waals surface area contributed by atoms with Gasteiger partial charge in [-0.1, -0.05) is 49.7 Å². The van der Waals surface area contributed by atoms with E-state index in [1.54, 1.807) is 10.9 Å². The third kappa shape index (κ3) is 3.24. The molecule has 0 saturated carbocycles. The molecule has 3 aromatic rings. The number of aliphatic hydroxyl groups is 1. The van der Waals surface area contributed by atoms with Crippen LogP contribution >= 0.6 is 0 Å². The minimum Gasteiger partial charge on any atom is -0.396 e. The topological polar surface area (TPSA) is 55.1 Å². The first-order valence-electron chi connectivity index (χ1n) is 8.07. The fraction of sp³-hybridized carbons (Fsp3) is 0.300. The summed E-state index contributed by atoms with van der Waals surface area (Å²) in [5, 5.41) is 10.0. The van der Waals surface area contributed by atoms with Crippen LogP contribution in [0.2, 0.25) is 0 Å². The second-order valence-corrected chi connectivity index (χ2v) is 7.10. The Morgan fingerprint density at radius 2 is 1.75 bits per heavy atom. The van der Waals surface area contributed by atoms with Gasteiger partial charge in [0.2, 0.25) is 0 Å². The van der Waals surface area contributed by atoms with E-state index in [1.165, 1.54) is 5.56 Å². The lowest BCUT2D eigenvalue weighted by Crippen LogP contribution is -2.31. The molecule has 0 spiro atoms. The zero-order valence-corrected chi connectivity index (χ0v) is 14.3. The van der Waals surface area contributed by atoms with E-state index in [0.717, 1.165) is 11.1 Å². The molecule has 1 aromatic heterocycles. The quantitative estimate of drug-likeness (QED) is 0.801. The summed E-state index contributed by atoms with van der Waals surface area (Å²) in [5.41, 5.74) is 3.53. The average molecular weight is 322 g/mol. The van der Waals surface area contributed by atoms with Crippen molar-refractivity contribution in [3.63, 3.8) is 0 Å². The van der Waals surface area contributed by atoms with Crippen molar-refractivity contribution < 1.29 is 5.11 Å². The molecule has 0 aliphatic carbocycles. The molecule has 0 radical (unpaired) electrons. The maximum Gasteiger partial charge on any atom is 0.261 e. The summed E-state index contributed by atoms with van der Waals surface area (Å²) < 4.78 is 1.58. The molecule has 124 valence electrons. The average Bonchev–Trinajstić information content (AvgIpc) is 2.58. The van der Waals surface area contributed by atoms with Gasteiger partial charge in [-0.2, -0.15) is 0 Å². The highest BCUT2D eigenvalue weighted by Gasteiger charge is 2.18. The van der Waals surface area contributed by atoms with Crippen LogP contribution in [-0.4, -0.2) is 21.3 Å². The molecule has 0 unspecified atom stereocenters. The van der Waals surface area contributed by atoms with Crippen LogP contribution < -0.4 is 5.56 Å². The summed E-state index contributed by atoms with van der Waals surface area (Å²) in [6.07, 6.45) is 1.56. The molecular weight excluding hydrogens is 300 g/mol. The molecule has 24 heavy (non-hydrogen) atoms. The third-order valence-corrected chi connectivity index (χ3v) is 4.24. The lowest BCUT2D eigenvalue weighted by Gasteiger charge is -2.22. The van der Waals surface area contributed by atoms with Crippen LogP contribution in [-0.2, 0) is 6.54 Å². The van der Waals surface area contributed by atoms with E-state index in [2.05, 4.69) is 36.2 Å². The second kappa shape index (κ2) is 6.21. The summed E-state index contributed by atoms with van der Waals surface area (Å²) in [6.45, 7) is 6.34. The van der Waals surface area contributed by atoms with E-state index in [9.17, 15) is 9.90 Å². The number of aryl methyl sites for hydroxylation is 1. The number of aliphatic hydroxyl groups excluding tert-OH is 1. The van der Waals surface area contributed by atoms with Gasteiger partial charge in [-0.3, -0.25) is 9.36 Å². The van der Waals surface area contributed by atoms with Gasteiger partial charge in [-0.05, 0) is 30.2 Å². The lowest BCUT2D eigenvalue weighted by molar-refractivity contribution is 0.139. The third-order valence-electron chi connectivity index (χ3n) is 4.24. The van der Waals surface area contributed by atoms with E-state index in [0.29, 0.717) is 17.4 Å². The fourth-order valence-electron chi connectivity index (χ4n) is 2.71. The normalized spacial score (nSPS) is 11.8. The molecule has 0 fully saturated rings. The van der Waals surface area contributed by atoms with Crippen LogP contribution in [0, 0.1) is 12.3 Å². The fourth-order valence-corrected chi connectivity index (χ4v) is 2.71. The van der Waals surface area contributed by atoms with Crippen molar-refractivity contribution in [1.82, 2.24) is 9.55 Å². The molecule has 2 aromatic carbocycles. The number of hydrogen-bond acceptors (Lipinski definition) is 3. The van der Waals surface area contributed by atoms with E-state index in [1.807, 2.05) is 32.0 Å². The zero-order chi connectivity index (χ0) is 17.3. The first-order valence-corrected chi connectivity index (χ1v) is 8.07. The standard InChI is InChI=1S/C20H22N2O2/c1-14-4-6-15(7-5-14)16-8-9-18-17(10-16)19(24)22(13-21-18)11-20(2,3)12-23/h4-10,13,23H,11-12H2,1-3H3. The first kappa shape index (κ1) is 16.4. The molecule has 0 aliphatic heterocycles. The summed E-state index contributed by atoms with van der Waals surface area (Å²) in [4.78, 5) is 17.2. The molecule has 0 saturated heterocycles. The van der Waals surface area contributed by atoms with Crippen molar-refractivity contribution in [2.75, 3.05) is 6.61 Å². The molecule has 4 heteroatoms. The first-order chi connectivity index (χ1) is 11.4. The largest absolute Gasteiger partial charge is 0.396 e. The number of nitrogens with zero attached hydrogens (tertiary/aromatic N) is 2. The Morgan fingerprint density at radius 3 is 2.42 bits per heavy atom. The van der Waals surface area contributed by atoms with Crippen LogP contribution in [0.3, 0.4) is 0 Å². The molecule has 0 bridgehead atoms.